The van der Waals surface area contributed by atoms with Gasteiger partial charge in [-0.1, -0.05) is 0 Å². The Labute approximate surface area is 114 Å². The summed E-state index contributed by atoms with van der Waals surface area (Å²) in [6.07, 6.45) is 4.02. The Bertz CT molecular complexity index is 596. The van der Waals surface area contributed by atoms with E-state index in [-0.39, 0.29) is 5.88 Å². The summed E-state index contributed by atoms with van der Waals surface area (Å²) < 4.78 is 23.4. The molecule has 0 spiro atoms. The number of hydrazine groups is 1. The fraction of sp³-hybridized carbons (Fsp3) is 0.250. The molecule has 0 radical (unpaired) electrons. The van der Waals surface area contributed by atoms with Crippen LogP contribution in [0.5, 0.6) is 11.8 Å². The van der Waals surface area contributed by atoms with Crippen molar-refractivity contribution in [2.75, 3.05) is 14.2 Å². The topological polar surface area (TPSA) is 95.2 Å². The molecule has 0 aliphatic rings. The second-order valence-electron chi connectivity index (χ2n) is 3.84. The van der Waals surface area contributed by atoms with Gasteiger partial charge in [0.1, 0.15) is 11.5 Å². The van der Waals surface area contributed by atoms with Gasteiger partial charge in [0.25, 0.3) is 0 Å². The summed E-state index contributed by atoms with van der Waals surface area (Å²) in [5, 5.41) is 0. The molecule has 3 N–H and O–H groups in total. The summed E-state index contributed by atoms with van der Waals surface area (Å²) in [6, 6.07) is 0.703. The van der Waals surface area contributed by atoms with E-state index in [9.17, 15) is 4.39 Å². The fourth-order valence-electron chi connectivity index (χ4n) is 1.73. The van der Waals surface area contributed by atoms with Crippen molar-refractivity contribution in [3.8, 4) is 11.8 Å². The Balaban J connectivity index is 2.46. The zero-order valence-corrected chi connectivity index (χ0v) is 11.0. The lowest BCUT2D eigenvalue weighted by Crippen LogP contribution is -2.30. The maximum absolute atomic E-state index is 13.3. The summed E-state index contributed by atoms with van der Waals surface area (Å²) >= 11 is 0. The molecule has 7 nitrogen and oxygen atoms in total. The molecular formula is C12H14FN5O2. The summed E-state index contributed by atoms with van der Waals surface area (Å²) in [7, 11) is 2.92. The van der Waals surface area contributed by atoms with Crippen molar-refractivity contribution in [2.24, 2.45) is 5.84 Å². The Kier molecular flexibility index (Phi) is 4.38. The van der Waals surface area contributed by atoms with Gasteiger partial charge in [0.2, 0.25) is 11.8 Å². The number of nitrogens with one attached hydrogen (secondary N) is 1. The van der Waals surface area contributed by atoms with Crippen LogP contribution in [0.4, 0.5) is 4.39 Å². The second kappa shape index (κ2) is 6.22. The predicted octanol–water partition coefficient (Wildman–Crippen LogP) is 0.581. The first-order valence-electron chi connectivity index (χ1n) is 5.71. The van der Waals surface area contributed by atoms with Crippen LogP contribution in [0.1, 0.15) is 17.3 Å². The Morgan fingerprint density at radius 2 is 2.05 bits per heavy atom. The Hall–Kier alpha value is -2.32. The average molecular weight is 279 g/mol. The SMILES string of the molecule is COc1cnc(C(NN)c2cncc(F)c2)c(OC)n1. The minimum Gasteiger partial charge on any atom is -0.480 e. The third-order valence-corrected chi connectivity index (χ3v) is 2.65. The molecule has 0 fully saturated rings. The van der Waals surface area contributed by atoms with Gasteiger partial charge in [-0.25, -0.2) is 14.8 Å². The van der Waals surface area contributed by atoms with Gasteiger partial charge in [-0.3, -0.25) is 10.8 Å². The number of aromatic nitrogens is 3. The van der Waals surface area contributed by atoms with Gasteiger partial charge in [-0.15, -0.1) is 0 Å². The van der Waals surface area contributed by atoms with Crippen LogP contribution < -0.4 is 20.7 Å². The zero-order chi connectivity index (χ0) is 14.5. The highest BCUT2D eigenvalue weighted by atomic mass is 19.1. The van der Waals surface area contributed by atoms with Crippen molar-refractivity contribution >= 4 is 0 Å². The molecule has 2 heterocycles. The molecule has 0 saturated heterocycles. The van der Waals surface area contributed by atoms with Gasteiger partial charge in [-0.05, 0) is 11.6 Å². The van der Waals surface area contributed by atoms with Gasteiger partial charge >= 0.3 is 0 Å². The fourth-order valence-corrected chi connectivity index (χ4v) is 1.73. The van der Waals surface area contributed by atoms with Crippen LogP contribution in [0.2, 0.25) is 0 Å². The molecule has 1 unspecified atom stereocenters. The maximum atomic E-state index is 13.3. The molecule has 2 rings (SSSR count). The number of pyridine rings is 1. The first-order valence-corrected chi connectivity index (χ1v) is 5.71. The first-order chi connectivity index (χ1) is 9.69. The minimum absolute atomic E-state index is 0.233. The van der Waals surface area contributed by atoms with E-state index in [1.54, 1.807) is 0 Å². The number of nitrogens with zero attached hydrogens (tertiary/aromatic N) is 3. The first kappa shape index (κ1) is 14.1. The third kappa shape index (κ3) is 2.81. The monoisotopic (exact) mass is 279 g/mol. The van der Waals surface area contributed by atoms with Crippen LogP contribution in [0, 0.1) is 5.82 Å². The standard InChI is InChI=1S/C12H14FN5O2/c1-19-9-6-16-11(12(17-9)20-2)10(18-14)7-3-8(13)5-15-4-7/h3-6,10,18H,14H2,1-2H3. The van der Waals surface area contributed by atoms with Crippen LogP contribution in [0.15, 0.2) is 24.7 Å². The zero-order valence-electron chi connectivity index (χ0n) is 11.0. The number of rotatable bonds is 5. The number of halogens is 1. The molecule has 0 amide bonds. The molecule has 2 aromatic heterocycles. The van der Waals surface area contributed by atoms with E-state index in [2.05, 4.69) is 20.4 Å². The summed E-state index contributed by atoms with van der Waals surface area (Å²) in [4.78, 5) is 12.1. The van der Waals surface area contributed by atoms with Crippen molar-refractivity contribution in [2.45, 2.75) is 6.04 Å². The molecule has 1 atom stereocenters. The van der Waals surface area contributed by atoms with Gasteiger partial charge in [0.05, 0.1) is 32.7 Å². The van der Waals surface area contributed by atoms with Crippen molar-refractivity contribution < 1.29 is 13.9 Å². The molecule has 106 valence electrons. The Morgan fingerprint density at radius 1 is 1.25 bits per heavy atom. The molecule has 8 heteroatoms. The van der Waals surface area contributed by atoms with E-state index in [1.165, 1.54) is 32.7 Å². The van der Waals surface area contributed by atoms with Crippen molar-refractivity contribution in [1.82, 2.24) is 20.4 Å². The van der Waals surface area contributed by atoms with E-state index in [0.717, 1.165) is 6.20 Å². The van der Waals surface area contributed by atoms with E-state index in [1.807, 2.05) is 0 Å². The number of hydrogen-bond acceptors (Lipinski definition) is 7. The van der Waals surface area contributed by atoms with Crippen LogP contribution in [0.3, 0.4) is 0 Å². The molecule has 0 aliphatic heterocycles. The molecule has 0 aromatic carbocycles. The molecule has 0 bridgehead atoms. The minimum atomic E-state index is -0.605. The smallest absolute Gasteiger partial charge is 0.240 e. The van der Waals surface area contributed by atoms with E-state index in [4.69, 9.17) is 15.3 Å². The summed E-state index contributed by atoms with van der Waals surface area (Å²) in [5.41, 5.74) is 3.45. The van der Waals surface area contributed by atoms with Gasteiger partial charge in [0, 0.05) is 6.20 Å². The summed E-state index contributed by atoms with van der Waals surface area (Å²) in [5.74, 6) is 5.59. The summed E-state index contributed by atoms with van der Waals surface area (Å²) in [6.45, 7) is 0. The third-order valence-electron chi connectivity index (χ3n) is 2.65. The normalized spacial score (nSPS) is 12.0. The highest BCUT2D eigenvalue weighted by molar-refractivity contribution is 5.33. The lowest BCUT2D eigenvalue weighted by atomic mass is 10.1. The van der Waals surface area contributed by atoms with E-state index in [0.29, 0.717) is 17.1 Å². The second-order valence-corrected chi connectivity index (χ2v) is 3.84. The van der Waals surface area contributed by atoms with Gasteiger partial charge in [-0.2, -0.15) is 4.98 Å². The molecule has 20 heavy (non-hydrogen) atoms. The van der Waals surface area contributed by atoms with Crippen molar-refractivity contribution in [3.63, 3.8) is 0 Å². The lowest BCUT2D eigenvalue weighted by Gasteiger charge is -2.17. The number of nitrogens with two attached hydrogens (primary N) is 1. The number of methoxy groups -OCH3 is 2. The van der Waals surface area contributed by atoms with E-state index >= 15 is 0 Å². The number of hydrogen-bond donors (Lipinski definition) is 2. The van der Waals surface area contributed by atoms with Crippen molar-refractivity contribution in [3.05, 3.63) is 41.7 Å². The van der Waals surface area contributed by atoms with Gasteiger partial charge < -0.3 is 9.47 Å². The lowest BCUT2D eigenvalue weighted by molar-refractivity contribution is 0.352. The largest absolute Gasteiger partial charge is 0.480 e. The highest BCUT2D eigenvalue weighted by Crippen LogP contribution is 2.27. The highest BCUT2D eigenvalue weighted by Gasteiger charge is 2.21. The van der Waals surface area contributed by atoms with Crippen molar-refractivity contribution in [1.29, 1.82) is 0 Å². The predicted molar refractivity (Wildman–Crippen MR) is 68.5 cm³/mol. The maximum Gasteiger partial charge on any atom is 0.240 e. The van der Waals surface area contributed by atoms with Crippen LogP contribution >= 0.6 is 0 Å². The Morgan fingerprint density at radius 3 is 2.65 bits per heavy atom. The van der Waals surface area contributed by atoms with E-state index < -0.39 is 11.9 Å². The van der Waals surface area contributed by atoms with Crippen LogP contribution in [-0.2, 0) is 0 Å². The van der Waals surface area contributed by atoms with Gasteiger partial charge in [0.15, 0.2) is 0 Å². The molecule has 0 aliphatic carbocycles. The number of ether oxygens (including phenoxy) is 2. The molecule has 0 saturated carbocycles. The van der Waals surface area contributed by atoms with Crippen LogP contribution in [-0.4, -0.2) is 29.2 Å². The molecule has 2 aromatic rings. The van der Waals surface area contributed by atoms with Crippen LogP contribution in [0.25, 0.3) is 0 Å². The quantitative estimate of drug-likeness (QED) is 0.610. The average Bonchev–Trinajstić information content (AvgIpc) is 2.48. The molecular weight excluding hydrogens is 265 g/mol.